The number of hydrogen-bond acceptors (Lipinski definition) is 6. The zero-order valence-corrected chi connectivity index (χ0v) is 12.6. The number of hydrogen-bond donors (Lipinski definition) is 2. The molecule has 6 nitrogen and oxygen atoms in total. The standard InChI is InChI=1S/C13H15BrN4O2/c1-19-7-6-9-2-4-10(5-3-9)20-13-11(14)12(18-15)16-8-17-13/h2-5,8H,6-7,15H2,1H3,(H,16,17,18). The number of nitrogens with zero attached hydrogens (tertiary/aromatic N) is 2. The maximum absolute atomic E-state index is 5.69. The predicted molar refractivity (Wildman–Crippen MR) is 79.6 cm³/mol. The number of aromatic nitrogens is 2. The van der Waals surface area contributed by atoms with E-state index in [1.165, 1.54) is 11.9 Å². The lowest BCUT2D eigenvalue weighted by Gasteiger charge is -2.09. The van der Waals surface area contributed by atoms with Crippen LogP contribution in [0.15, 0.2) is 35.1 Å². The lowest BCUT2D eigenvalue weighted by molar-refractivity contribution is 0.202. The Hall–Kier alpha value is -1.70. The van der Waals surface area contributed by atoms with E-state index >= 15 is 0 Å². The third-order valence-corrected chi connectivity index (χ3v) is 3.34. The minimum Gasteiger partial charge on any atom is -0.438 e. The number of anilines is 1. The smallest absolute Gasteiger partial charge is 0.238 e. The van der Waals surface area contributed by atoms with Crippen LogP contribution in [-0.2, 0) is 11.2 Å². The Kier molecular flexibility index (Phi) is 5.28. The van der Waals surface area contributed by atoms with Crippen LogP contribution in [0, 0.1) is 0 Å². The van der Waals surface area contributed by atoms with E-state index in [-0.39, 0.29) is 0 Å². The Morgan fingerprint density at radius 2 is 2.00 bits per heavy atom. The fourth-order valence-corrected chi connectivity index (χ4v) is 1.98. The largest absolute Gasteiger partial charge is 0.438 e. The molecule has 0 aliphatic heterocycles. The molecule has 2 rings (SSSR count). The summed E-state index contributed by atoms with van der Waals surface area (Å²) in [5.74, 6) is 6.90. The quantitative estimate of drug-likeness (QED) is 0.622. The summed E-state index contributed by atoms with van der Waals surface area (Å²) in [4.78, 5) is 8.02. The molecule has 1 aromatic heterocycles. The summed E-state index contributed by atoms with van der Waals surface area (Å²) < 4.78 is 11.3. The SMILES string of the molecule is COCCc1ccc(Oc2ncnc(NN)c2Br)cc1. The summed E-state index contributed by atoms with van der Waals surface area (Å²) in [6, 6.07) is 7.75. The van der Waals surface area contributed by atoms with Crippen molar-refractivity contribution in [2.75, 3.05) is 19.1 Å². The third kappa shape index (κ3) is 3.66. The molecule has 1 aromatic carbocycles. The van der Waals surface area contributed by atoms with Crippen molar-refractivity contribution in [2.45, 2.75) is 6.42 Å². The summed E-state index contributed by atoms with van der Waals surface area (Å²) in [6.45, 7) is 0.698. The average Bonchev–Trinajstić information content (AvgIpc) is 2.48. The van der Waals surface area contributed by atoms with Crippen LogP contribution in [0.5, 0.6) is 11.6 Å². The van der Waals surface area contributed by atoms with E-state index in [0.717, 1.165) is 6.42 Å². The first-order chi connectivity index (χ1) is 9.74. The van der Waals surface area contributed by atoms with Crippen molar-refractivity contribution >= 4 is 21.7 Å². The van der Waals surface area contributed by atoms with Crippen LogP contribution < -0.4 is 16.0 Å². The van der Waals surface area contributed by atoms with Crippen molar-refractivity contribution in [2.24, 2.45) is 5.84 Å². The Labute approximate surface area is 125 Å². The van der Waals surface area contributed by atoms with Gasteiger partial charge in [0, 0.05) is 7.11 Å². The number of nitrogens with one attached hydrogen (secondary N) is 1. The van der Waals surface area contributed by atoms with Crippen molar-refractivity contribution in [1.82, 2.24) is 9.97 Å². The molecule has 0 atom stereocenters. The fourth-order valence-electron chi connectivity index (χ4n) is 1.58. The average molecular weight is 339 g/mol. The maximum atomic E-state index is 5.69. The van der Waals surface area contributed by atoms with Crippen molar-refractivity contribution in [3.05, 3.63) is 40.6 Å². The summed E-state index contributed by atoms with van der Waals surface area (Å²) in [5.41, 5.74) is 3.65. The fraction of sp³-hybridized carbons (Fsp3) is 0.231. The minimum atomic E-state index is 0.401. The van der Waals surface area contributed by atoms with Crippen LogP contribution in [0.4, 0.5) is 5.82 Å². The number of hydrazine groups is 1. The van der Waals surface area contributed by atoms with Gasteiger partial charge in [0.05, 0.1) is 6.61 Å². The molecule has 0 saturated carbocycles. The molecule has 7 heteroatoms. The molecule has 0 saturated heterocycles. The molecule has 0 aliphatic rings. The van der Waals surface area contributed by atoms with Crippen LogP contribution in [0.25, 0.3) is 0 Å². The molecular formula is C13H15BrN4O2. The molecule has 0 aliphatic carbocycles. The highest BCUT2D eigenvalue weighted by Gasteiger charge is 2.09. The van der Waals surface area contributed by atoms with E-state index in [0.29, 0.717) is 28.5 Å². The van der Waals surface area contributed by atoms with E-state index in [9.17, 15) is 0 Å². The topological polar surface area (TPSA) is 82.3 Å². The predicted octanol–water partition coefficient (Wildman–Crippen LogP) is 2.51. The highest BCUT2D eigenvalue weighted by atomic mass is 79.9. The third-order valence-electron chi connectivity index (χ3n) is 2.63. The molecule has 106 valence electrons. The van der Waals surface area contributed by atoms with E-state index in [1.54, 1.807) is 7.11 Å². The van der Waals surface area contributed by atoms with Crippen molar-refractivity contribution in [1.29, 1.82) is 0 Å². The van der Waals surface area contributed by atoms with Gasteiger partial charge in [-0.15, -0.1) is 0 Å². The van der Waals surface area contributed by atoms with Crippen molar-refractivity contribution < 1.29 is 9.47 Å². The molecule has 20 heavy (non-hydrogen) atoms. The first kappa shape index (κ1) is 14.7. The molecule has 1 heterocycles. The first-order valence-electron chi connectivity index (χ1n) is 5.97. The summed E-state index contributed by atoms with van der Waals surface area (Å²) in [7, 11) is 1.69. The number of benzene rings is 1. The molecule has 0 spiro atoms. The summed E-state index contributed by atoms with van der Waals surface area (Å²) in [6.07, 6.45) is 2.25. The second-order valence-corrected chi connectivity index (χ2v) is 4.77. The van der Waals surface area contributed by atoms with E-state index < -0.39 is 0 Å². The lowest BCUT2D eigenvalue weighted by atomic mass is 10.1. The lowest BCUT2D eigenvalue weighted by Crippen LogP contribution is -2.09. The molecule has 0 bridgehead atoms. The van der Waals surface area contributed by atoms with E-state index in [2.05, 4.69) is 31.3 Å². The van der Waals surface area contributed by atoms with E-state index in [1.807, 2.05) is 24.3 Å². The van der Waals surface area contributed by atoms with Gasteiger partial charge in [0.15, 0.2) is 5.82 Å². The Bertz CT molecular complexity index is 563. The molecule has 0 amide bonds. The Morgan fingerprint density at radius 3 is 2.65 bits per heavy atom. The van der Waals surface area contributed by atoms with Gasteiger partial charge in [-0.1, -0.05) is 12.1 Å². The Balaban J connectivity index is 2.10. The van der Waals surface area contributed by atoms with Gasteiger partial charge in [0.25, 0.3) is 0 Å². The van der Waals surface area contributed by atoms with Crippen LogP contribution in [0.3, 0.4) is 0 Å². The second-order valence-electron chi connectivity index (χ2n) is 3.97. The van der Waals surface area contributed by atoms with Gasteiger partial charge < -0.3 is 14.9 Å². The number of nitrogen functional groups attached to an aromatic ring is 1. The second kappa shape index (κ2) is 7.18. The van der Waals surface area contributed by atoms with Gasteiger partial charge in [0.1, 0.15) is 16.5 Å². The molecule has 0 radical (unpaired) electrons. The van der Waals surface area contributed by atoms with Gasteiger partial charge in [-0.3, -0.25) is 0 Å². The number of rotatable bonds is 6. The molecule has 0 unspecified atom stereocenters. The first-order valence-corrected chi connectivity index (χ1v) is 6.76. The normalized spacial score (nSPS) is 10.3. The van der Waals surface area contributed by atoms with Gasteiger partial charge in [-0.2, -0.15) is 0 Å². The van der Waals surface area contributed by atoms with E-state index in [4.69, 9.17) is 15.3 Å². The summed E-state index contributed by atoms with van der Waals surface area (Å²) >= 11 is 3.34. The van der Waals surface area contributed by atoms with Gasteiger partial charge in [-0.25, -0.2) is 15.8 Å². The molecule has 0 fully saturated rings. The van der Waals surface area contributed by atoms with Gasteiger partial charge in [0.2, 0.25) is 5.88 Å². The maximum Gasteiger partial charge on any atom is 0.238 e. The summed E-state index contributed by atoms with van der Waals surface area (Å²) in [5, 5.41) is 0. The van der Waals surface area contributed by atoms with Crippen molar-refractivity contribution in [3.63, 3.8) is 0 Å². The van der Waals surface area contributed by atoms with Crippen LogP contribution in [0.1, 0.15) is 5.56 Å². The number of halogens is 1. The van der Waals surface area contributed by atoms with Crippen LogP contribution in [-0.4, -0.2) is 23.7 Å². The van der Waals surface area contributed by atoms with Crippen molar-refractivity contribution in [3.8, 4) is 11.6 Å². The highest BCUT2D eigenvalue weighted by Crippen LogP contribution is 2.31. The molecule has 2 aromatic rings. The van der Waals surface area contributed by atoms with Gasteiger partial charge >= 0.3 is 0 Å². The number of methoxy groups -OCH3 is 1. The monoisotopic (exact) mass is 338 g/mol. The zero-order chi connectivity index (χ0) is 14.4. The number of nitrogens with two attached hydrogens (primary N) is 1. The molecule has 3 N–H and O–H groups in total. The van der Waals surface area contributed by atoms with Crippen LogP contribution >= 0.6 is 15.9 Å². The number of ether oxygens (including phenoxy) is 2. The Morgan fingerprint density at radius 1 is 1.25 bits per heavy atom. The van der Waals surface area contributed by atoms with Gasteiger partial charge in [-0.05, 0) is 40.0 Å². The molecular weight excluding hydrogens is 324 g/mol. The minimum absolute atomic E-state index is 0.401. The zero-order valence-electron chi connectivity index (χ0n) is 11.0. The van der Waals surface area contributed by atoms with Crippen LogP contribution in [0.2, 0.25) is 0 Å². The highest BCUT2D eigenvalue weighted by molar-refractivity contribution is 9.10.